The minimum absolute atomic E-state index is 0.0683. The molecule has 0 radical (unpaired) electrons. The summed E-state index contributed by atoms with van der Waals surface area (Å²) in [6.07, 6.45) is 6.72. The van der Waals surface area contributed by atoms with Crippen LogP contribution in [0.2, 0.25) is 0 Å². The number of hydrogen-bond donors (Lipinski definition) is 1. The number of carboxylic acids is 1. The molecule has 1 unspecified atom stereocenters. The van der Waals surface area contributed by atoms with E-state index in [2.05, 4.69) is 0 Å². The van der Waals surface area contributed by atoms with Gasteiger partial charge in [0.25, 0.3) is 0 Å². The molecule has 1 rings (SSSR count). The number of hydrogen-bond acceptors (Lipinski definition) is 3. The first-order valence-corrected chi connectivity index (χ1v) is 5.98. The lowest BCUT2D eigenvalue weighted by Gasteiger charge is -2.29. The fourth-order valence-corrected chi connectivity index (χ4v) is 2.15. The van der Waals surface area contributed by atoms with Gasteiger partial charge in [-0.1, -0.05) is 25.7 Å². The van der Waals surface area contributed by atoms with Gasteiger partial charge in [0.05, 0.1) is 12.7 Å². The maximum Gasteiger partial charge on any atom is 0.338 e. The summed E-state index contributed by atoms with van der Waals surface area (Å²) in [4.78, 5) is 11.2. The van der Waals surface area contributed by atoms with Crippen LogP contribution in [0.1, 0.15) is 45.4 Å². The van der Waals surface area contributed by atoms with Crippen molar-refractivity contribution in [3.8, 4) is 0 Å². The molecule has 0 aromatic heterocycles. The van der Waals surface area contributed by atoms with E-state index < -0.39 is 11.6 Å². The number of ether oxygens (including phenoxy) is 2. The average molecular weight is 230 g/mol. The molecular formula is C12H22O4. The summed E-state index contributed by atoms with van der Waals surface area (Å²) in [5.74, 6) is -0.946. The summed E-state index contributed by atoms with van der Waals surface area (Å²) in [6.45, 7) is 1.68. The van der Waals surface area contributed by atoms with Crippen LogP contribution < -0.4 is 0 Å². The Morgan fingerprint density at radius 3 is 2.31 bits per heavy atom. The van der Waals surface area contributed by atoms with Crippen LogP contribution in [0, 0.1) is 0 Å². The van der Waals surface area contributed by atoms with Crippen molar-refractivity contribution in [3.05, 3.63) is 0 Å². The first kappa shape index (κ1) is 13.5. The summed E-state index contributed by atoms with van der Waals surface area (Å²) >= 11 is 0. The van der Waals surface area contributed by atoms with E-state index in [-0.39, 0.29) is 12.7 Å². The second-order valence-electron chi connectivity index (χ2n) is 4.70. The van der Waals surface area contributed by atoms with Crippen LogP contribution in [0.5, 0.6) is 0 Å². The van der Waals surface area contributed by atoms with Gasteiger partial charge in [-0.05, 0) is 19.8 Å². The molecule has 0 aliphatic heterocycles. The summed E-state index contributed by atoms with van der Waals surface area (Å²) in [7, 11) is 1.50. The maximum atomic E-state index is 11.2. The van der Waals surface area contributed by atoms with Crippen LogP contribution >= 0.6 is 0 Å². The Morgan fingerprint density at radius 2 is 1.88 bits per heavy atom. The van der Waals surface area contributed by atoms with Crippen molar-refractivity contribution in [3.63, 3.8) is 0 Å². The molecule has 1 atom stereocenters. The van der Waals surface area contributed by atoms with Crippen LogP contribution in [0.15, 0.2) is 0 Å². The van der Waals surface area contributed by atoms with Crippen LogP contribution in [0.4, 0.5) is 0 Å². The third-order valence-corrected chi connectivity index (χ3v) is 3.10. The molecule has 0 amide bonds. The van der Waals surface area contributed by atoms with Crippen molar-refractivity contribution < 1.29 is 19.4 Å². The summed E-state index contributed by atoms with van der Waals surface area (Å²) < 4.78 is 10.7. The van der Waals surface area contributed by atoms with Gasteiger partial charge in [-0.2, -0.15) is 0 Å². The Hall–Kier alpha value is -0.610. The first-order chi connectivity index (χ1) is 7.58. The molecule has 1 saturated carbocycles. The van der Waals surface area contributed by atoms with Gasteiger partial charge in [0.1, 0.15) is 0 Å². The Bertz CT molecular complexity index is 221. The molecule has 0 bridgehead atoms. The fraction of sp³-hybridized carbons (Fsp3) is 0.917. The van der Waals surface area contributed by atoms with Gasteiger partial charge in [-0.15, -0.1) is 0 Å². The van der Waals surface area contributed by atoms with E-state index in [1.54, 1.807) is 6.92 Å². The fourth-order valence-electron chi connectivity index (χ4n) is 2.15. The van der Waals surface area contributed by atoms with Crippen LogP contribution in [-0.4, -0.2) is 36.5 Å². The van der Waals surface area contributed by atoms with Gasteiger partial charge in [0, 0.05) is 7.11 Å². The van der Waals surface area contributed by atoms with E-state index in [1.807, 2.05) is 0 Å². The lowest BCUT2D eigenvalue weighted by Crippen LogP contribution is -2.45. The Morgan fingerprint density at radius 1 is 1.31 bits per heavy atom. The average Bonchev–Trinajstić information content (AvgIpc) is 2.46. The summed E-state index contributed by atoms with van der Waals surface area (Å²) in [5, 5.41) is 9.16. The topological polar surface area (TPSA) is 55.8 Å². The summed E-state index contributed by atoms with van der Waals surface area (Å²) in [5.41, 5.74) is -1.20. The van der Waals surface area contributed by atoms with Gasteiger partial charge in [0.2, 0.25) is 0 Å². The van der Waals surface area contributed by atoms with Gasteiger partial charge in [-0.25, -0.2) is 4.79 Å². The minimum atomic E-state index is -1.20. The normalized spacial score (nSPS) is 22.4. The van der Waals surface area contributed by atoms with Crippen molar-refractivity contribution in [2.45, 2.75) is 57.2 Å². The van der Waals surface area contributed by atoms with Gasteiger partial charge in [-0.3, -0.25) is 0 Å². The standard InChI is InChI=1S/C12H22O4/c1-12(9-15-2,11(13)14)16-10-7-5-3-4-6-8-10/h10H,3-9H2,1-2H3,(H,13,14). The highest BCUT2D eigenvalue weighted by Crippen LogP contribution is 2.24. The van der Waals surface area contributed by atoms with Crippen molar-refractivity contribution in [2.75, 3.05) is 13.7 Å². The van der Waals surface area contributed by atoms with Gasteiger partial charge in [0.15, 0.2) is 5.60 Å². The summed E-state index contributed by atoms with van der Waals surface area (Å²) in [6, 6.07) is 0. The van der Waals surface area contributed by atoms with E-state index in [0.717, 1.165) is 25.7 Å². The van der Waals surface area contributed by atoms with E-state index >= 15 is 0 Å². The SMILES string of the molecule is COCC(C)(OC1CCCCCC1)C(=O)O. The second-order valence-corrected chi connectivity index (χ2v) is 4.70. The molecule has 1 aliphatic carbocycles. The number of rotatable bonds is 5. The van der Waals surface area contributed by atoms with E-state index in [0.29, 0.717) is 0 Å². The van der Waals surface area contributed by atoms with E-state index in [4.69, 9.17) is 14.6 Å². The Labute approximate surface area is 96.9 Å². The molecule has 1 aliphatic rings. The zero-order valence-corrected chi connectivity index (χ0v) is 10.2. The van der Waals surface area contributed by atoms with Crippen molar-refractivity contribution in [1.29, 1.82) is 0 Å². The van der Waals surface area contributed by atoms with Gasteiger partial charge < -0.3 is 14.6 Å². The quantitative estimate of drug-likeness (QED) is 0.736. The van der Waals surface area contributed by atoms with E-state index in [1.165, 1.54) is 20.0 Å². The van der Waals surface area contributed by atoms with Crippen molar-refractivity contribution in [1.82, 2.24) is 0 Å². The third-order valence-electron chi connectivity index (χ3n) is 3.10. The number of carboxylic acid groups (broad SMARTS) is 1. The van der Waals surface area contributed by atoms with Crippen LogP contribution in [-0.2, 0) is 14.3 Å². The smallest absolute Gasteiger partial charge is 0.338 e. The van der Waals surface area contributed by atoms with Crippen molar-refractivity contribution in [2.24, 2.45) is 0 Å². The molecular weight excluding hydrogens is 208 g/mol. The Balaban J connectivity index is 2.55. The predicted molar refractivity (Wildman–Crippen MR) is 60.5 cm³/mol. The lowest BCUT2D eigenvalue weighted by atomic mass is 10.1. The van der Waals surface area contributed by atoms with Crippen molar-refractivity contribution >= 4 is 5.97 Å². The molecule has 4 heteroatoms. The largest absolute Gasteiger partial charge is 0.479 e. The van der Waals surface area contributed by atoms with Gasteiger partial charge >= 0.3 is 5.97 Å². The second kappa shape index (κ2) is 6.21. The predicted octanol–water partition coefficient (Wildman–Crippen LogP) is 2.22. The first-order valence-electron chi connectivity index (χ1n) is 5.98. The molecule has 94 valence electrons. The lowest BCUT2D eigenvalue weighted by molar-refractivity contribution is -0.180. The molecule has 0 aromatic carbocycles. The number of carbonyl (C=O) groups is 1. The molecule has 0 aromatic rings. The van der Waals surface area contributed by atoms with E-state index in [9.17, 15) is 4.79 Å². The third kappa shape index (κ3) is 3.76. The zero-order chi connectivity index (χ0) is 12.0. The molecule has 16 heavy (non-hydrogen) atoms. The highest BCUT2D eigenvalue weighted by molar-refractivity contribution is 5.77. The molecule has 0 heterocycles. The molecule has 0 saturated heterocycles. The Kier molecular flexibility index (Phi) is 5.22. The molecule has 4 nitrogen and oxygen atoms in total. The van der Waals surface area contributed by atoms with Crippen LogP contribution in [0.25, 0.3) is 0 Å². The minimum Gasteiger partial charge on any atom is -0.479 e. The highest BCUT2D eigenvalue weighted by Gasteiger charge is 2.37. The van der Waals surface area contributed by atoms with Crippen LogP contribution in [0.3, 0.4) is 0 Å². The number of methoxy groups -OCH3 is 1. The zero-order valence-electron chi connectivity index (χ0n) is 10.2. The maximum absolute atomic E-state index is 11.2. The number of aliphatic carboxylic acids is 1. The molecule has 1 N–H and O–H groups in total. The molecule has 0 spiro atoms. The monoisotopic (exact) mass is 230 g/mol. The highest BCUT2D eigenvalue weighted by atomic mass is 16.6. The molecule has 1 fully saturated rings.